The van der Waals surface area contributed by atoms with E-state index in [1.54, 1.807) is 0 Å². The van der Waals surface area contributed by atoms with Crippen LogP contribution < -0.4 is 10.2 Å². The molecule has 0 aliphatic carbocycles. The highest BCUT2D eigenvalue weighted by Crippen LogP contribution is 2.25. The summed E-state index contributed by atoms with van der Waals surface area (Å²) in [7, 11) is 0. The van der Waals surface area contributed by atoms with Gasteiger partial charge in [-0.15, -0.1) is 0 Å². The van der Waals surface area contributed by atoms with Gasteiger partial charge in [-0.2, -0.15) is 4.98 Å². The first-order chi connectivity index (χ1) is 14.1. The number of nitrogens with one attached hydrogen (secondary N) is 1. The van der Waals surface area contributed by atoms with Crippen LogP contribution in [0.15, 0.2) is 54.6 Å². The maximum Gasteiger partial charge on any atom is 0.227 e. The minimum atomic E-state index is 0.818. The maximum atomic E-state index is 4.83. The number of benzene rings is 2. The Morgan fingerprint density at radius 1 is 0.828 bits per heavy atom. The molecule has 1 aliphatic rings. The van der Waals surface area contributed by atoms with Crippen LogP contribution in [0.1, 0.15) is 22.4 Å². The van der Waals surface area contributed by atoms with Crippen LogP contribution in [0.4, 0.5) is 17.5 Å². The van der Waals surface area contributed by atoms with Crippen molar-refractivity contribution in [3.05, 3.63) is 77.0 Å². The molecule has 0 bridgehead atoms. The van der Waals surface area contributed by atoms with Crippen LogP contribution >= 0.6 is 0 Å². The normalized spacial score (nSPS) is 14.8. The molecule has 1 aromatic heterocycles. The second-order valence-corrected chi connectivity index (χ2v) is 7.84. The molecule has 2 heterocycles. The van der Waals surface area contributed by atoms with Crippen molar-refractivity contribution in [1.82, 2.24) is 14.9 Å². The Morgan fingerprint density at radius 3 is 2.21 bits per heavy atom. The van der Waals surface area contributed by atoms with Gasteiger partial charge >= 0.3 is 0 Å². The topological polar surface area (TPSA) is 44.3 Å². The van der Waals surface area contributed by atoms with E-state index in [1.165, 1.54) is 16.7 Å². The van der Waals surface area contributed by atoms with Gasteiger partial charge < -0.3 is 10.2 Å². The third-order valence-electron chi connectivity index (χ3n) is 5.48. The van der Waals surface area contributed by atoms with Gasteiger partial charge in [-0.25, -0.2) is 4.98 Å². The molecule has 29 heavy (non-hydrogen) atoms. The van der Waals surface area contributed by atoms with Gasteiger partial charge in [-0.1, -0.05) is 48.5 Å². The number of para-hydroxylation sites is 1. The third-order valence-corrected chi connectivity index (χ3v) is 5.48. The molecule has 3 aromatic rings. The minimum absolute atomic E-state index is 0.818. The van der Waals surface area contributed by atoms with E-state index in [-0.39, 0.29) is 0 Å². The lowest BCUT2D eigenvalue weighted by atomic mass is 10.1. The molecule has 0 radical (unpaired) electrons. The van der Waals surface area contributed by atoms with Crippen LogP contribution in [0, 0.1) is 20.8 Å². The van der Waals surface area contributed by atoms with Crippen LogP contribution in [-0.4, -0.2) is 41.0 Å². The van der Waals surface area contributed by atoms with Gasteiger partial charge in [-0.05, 0) is 37.5 Å². The van der Waals surface area contributed by atoms with Crippen molar-refractivity contribution in [3.63, 3.8) is 0 Å². The highest BCUT2D eigenvalue weighted by atomic mass is 15.3. The largest absolute Gasteiger partial charge is 0.340 e. The van der Waals surface area contributed by atoms with Crippen LogP contribution in [0.2, 0.25) is 0 Å². The van der Waals surface area contributed by atoms with Gasteiger partial charge in [-0.3, -0.25) is 4.90 Å². The molecule has 5 nitrogen and oxygen atoms in total. The fraction of sp³-hybridized carbons (Fsp3) is 0.333. The number of rotatable bonds is 5. The molecule has 1 fully saturated rings. The first kappa shape index (κ1) is 19.4. The average Bonchev–Trinajstić information content (AvgIpc) is 2.72. The summed E-state index contributed by atoms with van der Waals surface area (Å²) in [5, 5.41) is 3.51. The van der Waals surface area contributed by atoms with E-state index in [0.29, 0.717) is 0 Å². The summed E-state index contributed by atoms with van der Waals surface area (Å²) in [6, 6.07) is 19.0. The molecule has 0 unspecified atom stereocenters. The first-order valence-corrected chi connectivity index (χ1v) is 10.3. The Kier molecular flexibility index (Phi) is 5.76. The number of aromatic nitrogens is 2. The van der Waals surface area contributed by atoms with Gasteiger partial charge in [0.1, 0.15) is 5.82 Å². The van der Waals surface area contributed by atoms with Gasteiger partial charge in [0.05, 0.1) is 0 Å². The van der Waals surface area contributed by atoms with E-state index >= 15 is 0 Å². The van der Waals surface area contributed by atoms with Crippen LogP contribution in [0.3, 0.4) is 0 Å². The second-order valence-electron chi connectivity index (χ2n) is 7.84. The second kappa shape index (κ2) is 8.62. The summed E-state index contributed by atoms with van der Waals surface area (Å²) >= 11 is 0. The van der Waals surface area contributed by atoms with Crippen molar-refractivity contribution in [1.29, 1.82) is 0 Å². The SMILES string of the molecule is Cc1cc(Nc2c(C)cccc2C)nc(N2CCN(Cc3ccccc3)CC2)n1. The van der Waals surface area contributed by atoms with Gasteiger partial charge in [0.25, 0.3) is 0 Å². The predicted octanol–water partition coefficient (Wildman–Crippen LogP) is 4.47. The summed E-state index contributed by atoms with van der Waals surface area (Å²) in [6.07, 6.45) is 0. The zero-order valence-electron chi connectivity index (χ0n) is 17.5. The highest BCUT2D eigenvalue weighted by molar-refractivity contribution is 5.65. The molecule has 2 aromatic carbocycles. The molecule has 4 rings (SSSR count). The van der Waals surface area contributed by atoms with Crippen LogP contribution in [-0.2, 0) is 6.54 Å². The average molecular weight is 388 g/mol. The third kappa shape index (κ3) is 4.74. The van der Waals surface area contributed by atoms with E-state index in [0.717, 1.165) is 55.9 Å². The molecule has 0 atom stereocenters. The number of nitrogens with zero attached hydrogens (tertiary/aromatic N) is 4. The molecule has 0 spiro atoms. The van der Waals surface area contributed by atoms with E-state index in [4.69, 9.17) is 9.97 Å². The fourth-order valence-electron chi connectivity index (χ4n) is 3.85. The van der Waals surface area contributed by atoms with E-state index < -0.39 is 0 Å². The molecular weight excluding hydrogens is 358 g/mol. The summed E-state index contributed by atoms with van der Waals surface area (Å²) in [5.41, 5.74) is 5.92. The van der Waals surface area contributed by atoms with Crippen molar-refractivity contribution in [2.75, 3.05) is 36.4 Å². The zero-order valence-corrected chi connectivity index (χ0v) is 17.5. The van der Waals surface area contributed by atoms with Gasteiger partial charge in [0.2, 0.25) is 5.95 Å². The van der Waals surface area contributed by atoms with E-state index in [9.17, 15) is 0 Å². The van der Waals surface area contributed by atoms with Crippen LogP contribution in [0.5, 0.6) is 0 Å². The molecule has 1 aliphatic heterocycles. The molecular formula is C24H29N5. The Bertz CT molecular complexity index is 942. The smallest absolute Gasteiger partial charge is 0.227 e. The Balaban J connectivity index is 1.44. The van der Waals surface area contributed by atoms with Crippen molar-refractivity contribution in [2.24, 2.45) is 0 Å². The number of hydrogen-bond donors (Lipinski definition) is 1. The summed E-state index contributed by atoms with van der Waals surface area (Å²) in [6.45, 7) is 11.2. The Hall–Kier alpha value is -2.92. The quantitative estimate of drug-likeness (QED) is 0.700. The molecule has 0 saturated carbocycles. The first-order valence-electron chi connectivity index (χ1n) is 10.3. The van der Waals surface area contributed by atoms with Crippen molar-refractivity contribution in [2.45, 2.75) is 27.3 Å². The van der Waals surface area contributed by atoms with Gasteiger partial charge in [0, 0.05) is 50.2 Å². The van der Waals surface area contributed by atoms with Crippen molar-refractivity contribution in [3.8, 4) is 0 Å². The van der Waals surface area contributed by atoms with Crippen molar-refractivity contribution >= 4 is 17.5 Å². The number of aryl methyl sites for hydroxylation is 3. The Labute approximate surface area is 173 Å². The van der Waals surface area contributed by atoms with Crippen LogP contribution in [0.25, 0.3) is 0 Å². The molecule has 150 valence electrons. The minimum Gasteiger partial charge on any atom is -0.340 e. The number of piperazine rings is 1. The van der Waals surface area contributed by atoms with E-state index in [2.05, 4.69) is 77.5 Å². The lowest BCUT2D eigenvalue weighted by Gasteiger charge is -2.35. The lowest BCUT2D eigenvalue weighted by Crippen LogP contribution is -2.46. The van der Waals surface area contributed by atoms with Gasteiger partial charge in [0.15, 0.2) is 0 Å². The predicted molar refractivity (Wildman–Crippen MR) is 120 cm³/mol. The monoisotopic (exact) mass is 387 g/mol. The number of anilines is 3. The molecule has 5 heteroatoms. The highest BCUT2D eigenvalue weighted by Gasteiger charge is 2.20. The summed E-state index contributed by atoms with van der Waals surface area (Å²) in [5.74, 6) is 1.68. The standard InChI is InChI=1S/C24H29N5/c1-18-8-7-9-19(2)23(18)26-22-16-20(3)25-24(27-22)29-14-12-28(13-15-29)17-21-10-5-4-6-11-21/h4-11,16H,12-15,17H2,1-3H3,(H,25,26,27). The Morgan fingerprint density at radius 2 is 1.52 bits per heavy atom. The fourth-order valence-corrected chi connectivity index (χ4v) is 3.85. The summed E-state index contributed by atoms with van der Waals surface area (Å²) in [4.78, 5) is 14.3. The maximum absolute atomic E-state index is 4.83. The zero-order chi connectivity index (χ0) is 20.2. The molecule has 1 N–H and O–H groups in total. The molecule has 0 amide bonds. The van der Waals surface area contributed by atoms with Crippen molar-refractivity contribution < 1.29 is 0 Å². The van der Waals surface area contributed by atoms with E-state index in [1.807, 2.05) is 13.0 Å². The summed E-state index contributed by atoms with van der Waals surface area (Å²) < 4.78 is 0. The lowest BCUT2D eigenvalue weighted by molar-refractivity contribution is 0.248. The molecule has 1 saturated heterocycles. The number of hydrogen-bond acceptors (Lipinski definition) is 5.